The molecule has 0 aliphatic carbocycles. The van der Waals surface area contributed by atoms with E-state index in [0.29, 0.717) is 25.9 Å². The third-order valence-electron chi connectivity index (χ3n) is 2.92. The Balaban J connectivity index is 2.59. The largest absolute Gasteiger partial charge is 0.351 e. The highest BCUT2D eigenvalue weighted by Gasteiger charge is 2.31. The molecule has 1 heterocycles. The van der Waals surface area contributed by atoms with Crippen LogP contribution in [0, 0.1) is 0 Å². The molecule has 0 bridgehead atoms. The lowest BCUT2D eigenvalue weighted by atomic mass is 10.1. The van der Waals surface area contributed by atoms with Gasteiger partial charge in [0.15, 0.2) is 0 Å². The number of nitrogens with zero attached hydrogens (tertiary/aromatic N) is 1. The van der Waals surface area contributed by atoms with Crippen LogP contribution in [-0.4, -0.2) is 41.9 Å². The minimum absolute atomic E-state index is 0.0424. The van der Waals surface area contributed by atoms with Crippen LogP contribution in [-0.2, 0) is 9.59 Å². The van der Waals surface area contributed by atoms with Gasteiger partial charge >= 0.3 is 0 Å². The molecule has 16 heavy (non-hydrogen) atoms. The average Bonchev–Trinajstić information content (AvgIpc) is 2.66. The van der Waals surface area contributed by atoms with Gasteiger partial charge in [-0.25, -0.2) is 0 Å². The van der Waals surface area contributed by atoms with E-state index < -0.39 is 0 Å². The molecule has 5 heteroatoms. The molecule has 3 N–H and O–H groups in total. The van der Waals surface area contributed by atoms with Crippen molar-refractivity contribution in [3.63, 3.8) is 0 Å². The van der Waals surface area contributed by atoms with Crippen molar-refractivity contribution >= 4 is 11.8 Å². The molecule has 1 saturated heterocycles. The number of nitrogens with one attached hydrogen (secondary N) is 1. The highest BCUT2D eigenvalue weighted by Crippen LogP contribution is 2.15. The second-order valence-electron chi connectivity index (χ2n) is 4.26. The van der Waals surface area contributed by atoms with E-state index in [4.69, 9.17) is 5.73 Å². The minimum Gasteiger partial charge on any atom is -0.351 e. The molecule has 0 saturated carbocycles. The van der Waals surface area contributed by atoms with Crippen LogP contribution in [0.4, 0.5) is 0 Å². The molecule has 0 aromatic heterocycles. The van der Waals surface area contributed by atoms with Gasteiger partial charge in [-0.05, 0) is 19.8 Å². The van der Waals surface area contributed by atoms with Crippen molar-refractivity contribution in [3.8, 4) is 0 Å². The van der Waals surface area contributed by atoms with E-state index in [9.17, 15) is 9.59 Å². The Morgan fingerprint density at radius 2 is 2.31 bits per heavy atom. The Labute approximate surface area is 96.4 Å². The molecular formula is C11H21N3O2. The maximum Gasteiger partial charge on any atom is 0.243 e. The van der Waals surface area contributed by atoms with Crippen LogP contribution in [0.5, 0.6) is 0 Å². The Hall–Kier alpha value is -1.10. The Kier molecular flexibility index (Phi) is 4.73. The first-order valence-electron chi connectivity index (χ1n) is 5.90. The fourth-order valence-electron chi connectivity index (χ4n) is 1.94. The van der Waals surface area contributed by atoms with E-state index in [1.54, 1.807) is 4.90 Å². The summed E-state index contributed by atoms with van der Waals surface area (Å²) in [4.78, 5) is 25.2. The van der Waals surface area contributed by atoms with E-state index in [-0.39, 0.29) is 23.9 Å². The fourth-order valence-corrected chi connectivity index (χ4v) is 1.94. The smallest absolute Gasteiger partial charge is 0.243 e. The summed E-state index contributed by atoms with van der Waals surface area (Å²) in [5, 5.41) is 2.82. The summed E-state index contributed by atoms with van der Waals surface area (Å²) < 4.78 is 0. The summed E-state index contributed by atoms with van der Waals surface area (Å²) in [6.07, 6.45) is 2.07. The van der Waals surface area contributed by atoms with E-state index in [0.717, 1.165) is 6.42 Å². The molecule has 1 aliphatic rings. The first kappa shape index (κ1) is 13.0. The minimum atomic E-state index is -0.330. The second kappa shape index (κ2) is 5.84. The van der Waals surface area contributed by atoms with Gasteiger partial charge in [-0.2, -0.15) is 0 Å². The van der Waals surface area contributed by atoms with E-state index in [2.05, 4.69) is 5.32 Å². The number of amides is 2. The van der Waals surface area contributed by atoms with Gasteiger partial charge in [0.2, 0.25) is 11.8 Å². The fraction of sp³-hybridized carbons (Fsp3) is 0.818. The van der Waals surface area contributed by atoms with Gasteiger partial charge in [0.05, 0.1) is 0 Å². The number of nitrogens with two attached hydrogens (primary N) is 1. The van der Waals surface area contributed by atoms with Gasteiger partial charge in [-0.15, -0.1) is 0 Å². The van der Waals surface area contributed by atoms with Crippen molar-refractivity contribution < 1.29 is 9.59 Å². The summed E-state index contributed by atoms with van der Waals surface area (Å²) in [6.45, 7) is 4.89. The number of rotatable bonds is 5. The van der Waals surface area contributed by atoms with Crippen LogP contribution in [0.15, 0.2) is 0 Å². The van der Waals surface area contributed by atoms with Crippen LogP contribution in [0.2, 0.25) is 0 Å². The molecule has 1 rings (SSSR count). The SMILES string of the molecule is CCC(C(=O)N[C@@H](C)CN)N1CCCC1=O. The molecule has 0 aromatic carbocycles. The summed E-state index contributed by atoms with van der Waals surface area (Å²) in [7, 11) is 0. The Bertz CT molecular complexity index is 268. The molecule has 2 amide bonds. The summed E-state index contributed by atoms with van der Waals surface area (Å²) >= 11 is 0. The lowest BCUT2D eigenvalue weighted by Gasteiger charge is -2.27. The van der Waals surface area contributed by atoms with Gasteiger partial charge in [0.1, 0.15) is 6.04 Å². The van der Waals surface area contributed by atoms with Crippen molar-refractivity contribution in [1.82, 2.24) is 10.2 Å². The Morgan fingerprint density at radius 3 is 2.75 bits per heavy atom. The number of hydrogen-bond donors (Lipinski definition) is 2. The molecule has 92 valence electrons. The molecule has 0 spiro atoms. The van der Waals surface area contributed by atoms with Crippen LogP contribution in [0.3, 0.4) is 0 Å². The molecule has 5 nitrogen and oxygen atoms in total. The predicted octanol–water partition coefficient (Wildman–Crippen LogP) is -0.149. The first-order chi connectivity index (χ1) is 7.60. The Morgan fingerprint density at radius 1 is 1.62 bits per heavy atom. The van der Waals surface area contributed by atoms with Gasteiger partial charge in [0, 0.05) is 25.6 Å². The normalized spacial score (nSPS) is 19.7. The van der Waals surface area contributed by atoms with Crippen molar-refractivity contribution in [3.05, 3.63) is 0 Å². The van der Waals surface area contributed by atoms with Crippen LogP contribution < -0.4 is 11.1 Å². The van der Waals surface area contributed by atoms with E-state index >= 15 is 0 Å². The molecule has 2 atom stereocenters. The topological polar surface area (TPSA) is 75.4 Å². The quantitative estimate of drug-likeness (QED) is 0.686. The molecule has 1 unspecified atom stereocenters. The third kappa shape index (κ3) is 2.95. The maximum absolute atomic E-state index is 11.9. The summed E-state index contributed by atoms with van der Waals surface area (Å²) in [6, 6.07) is -0.372. The number of hydrogen-bond acceptors (Lipinski definition) is 3. The monoisotopic (exact) mass is 227 g/mol. The van der Waals surface area contributed by atoms with Crippen LogP contribution in [0.25, 0.3) is 0 Å². The maximum atomic E-state index is 11.9. The lowest BCUT2D eigenvalue weighted by molar-refractivity contribution is -0.137. The molecule has 1 aliphatic heterocycles. The molecular weight excluding hydrogens is 206 g/mol. The van der Waals surface area contributed by atoms with Crippen molar-refractivity contribution in [2.45, 2.75) is 45.2 Å². The number of likely N-dealkylation sites (tertiary alicyclic amines) is 1. The molecule has 0 aromatic rings. The molecule has 0 radical (unpaired) electrons. The summed E-state index contributed by atoms with van der Waals surface area (Å²) in [5.74, 6) is -0.00176. The average molecular weight is 227 g/mol. The predicted molar refractivity (Wildman–Crippen MR) is 61.7 cm³/mol. The number of carbonyl (C=O) groups excluding carboxylic acids is 2. The zero-order valence-corrected chi connectivity index (χ0v) is 10.0. The van der Waals surface area contributed by atoms with Crippen molar-refractivity contribution in [2.24, 2.45) is 5.73 Å². The first-order valence-corrected chi connectivity index (χ1v) is 5.90. The van der Waals surface area contributed by atoms with Gasteiger partial charge in [0.25, 0.3) is 0 Å². The number of carbonyl (C=O) groups is 2. The van der Waals surface area contributed by atoms with Gasteiger partial charge in [-0.1, -0.05) is 6.92 Å². The zero-order valence-electron chi connectivity index (χ0n) is 10.0. The van der Waals surface area contributed by atoms with Gasteiger partial charge < -0.3 is 16.0 Å². The third-order valence-corrected chi connectivity index (χ3v) is 2.92. The van der Waals surface area contributed by atoms with E-state index in [1.807, 2.05) is 13.8 Å². The van der Waals surface area contributed by atoms with E-state index in [1.165, 1.54) is 0 Å². The van der Waals surface area contributed by atoms with Crippen molar-refractivity contribution in [1.29, 1.82) is 0 Å². The second-order valence-corrected chi connectivity index (χ2v) is 4.26. The highest BCUT2D eigenvalue weighted by atomic mass is 16.2. The standard InChI is InChI=1S/C11H21N3O2/c1-3-9(11(16)13-8(2)7-12)14-6-4-5-10(14)15/h8-9H,3-7,12H2,1-2H3,(H,13,16)/t8-,9?/m0/s1. The zero-order chi connectivity index (χ0) is 12.1. The van der Waals surface area contributed by atoms with Gasteiger partial charge in [-0.3, -0.25) is 9.59 Å². The highest BCUT2D eigenvalue weighted by molar-refractivity contribution is 5.88. The lowest BCUT2D eigenvalue weighted by Crippen LogP contribution is -2.50. The van der Waals surface area contributed by atoms with Crippen LogP contribution in [0.1, 0.15) is 33.1 Å². The van der Waals surface area contributed by atoms with Crippen molar-refractivity contribution in [2.75, 3.05) is 13.1 Å². The summed E-state index contributed by atoms with van der Waals surface area (Å²) in [5.41, 5.74) is 5.45. The van der Waals surface area contributed by atoms with Crippen LogP contribution >= 0.6 is 0 Å². The molecule has 1 fully saturated rings.